The lowest BCUT2D eigenvalue weighted by Crippen LogP contribution is -2.41. The number of primary amides is 1. The fraction of sp³-hybridized carbons (Fsp3) is 0.692. The van der Waals surface area contributed by atoms with Crippen molar-refractivity contribution in [2.75, 3.05) is 0 Å². The molecule has 4 nitrogen and oxygen atoms in total. The van der Waals surface area contributed by atoms with Crippen LogP contribution in [-0.2, 0) is 11.3 Å². The van der Waals surface area contributed by atoms with Crippen LogP contribution in [0.5, 0.6) is 0 Å². The summed E-state index contributed by atoms with van der Waals surface area (Å²) in [5.41, 5.74) is 6.57. The van der Waals surface area contributed by atoms with E-state index in [0.29, 0.717) is 0 Å². The second-order valence-corrected chi connectivity index (χ2v) is 5.96. The third-order valence-corrected chi connectivity index (χ3v) is 4.53. The zero-order valence-electron chi connectivity index (χ0n) is 10.8. The zero-order chi connectivity index (χ0) is 13.0. The molecule has 1 amide bonds. The van der Waals surface area contributed by atoms with Gasteiger partial charge in [0.2, 0.25) is 5.91 Å². The van der Waals surface area contributed by atoms with Crippen molar-refractivity contribution in [1.82, 2.24) is 10.3 Å². The highest BCUT2D eigenvalue weighted by Crippen LogP contribution is 2.23. The summed E-state index contributed by atoms with van der Waals surface area (Å²) in [5.74, 6) is -0.182. The highest BCUT2D eigenvalue weighted by Gasteiger charge is 2.27. The van der Waals surface area contributed by atoms with Crippen LogP contribution >= 0.6 is 11.3 Å². The standard InChI is InChI=1S/C13H21N3OS/c1-9-8-18-12(16-9)7-15-11-6-4-2-3-5-10(11)13(14)17/h8,10-11,15H,2-7H2,1H3,(H2,14,17)/t10-,11+/m0/s1. The quantitative estimate of drug-likeness (QED) is 0.820. The fourth-order valence-corrected chi connectivity index (χ4v) is 3.32. The van der Waals surface area contributed by atoms with Gasteiger partial charge in [-0.3, -0.25) is 4.79 Å². The van der Waals surface area contributed by atoms with Crippen molar-refractivity contribution < 1.29 is 4.79 Å². The Morgan fingerprint density at radius 1 is 1.50 bits per heavy atom. The minimum atomic E-state index is -0.162. The number of nitrogens with two attached hydrogens (primary N) is 1. The van der Waals surface area contributed by atoms with Gasteiger partial charge >= 0.3 is 0 Å². The van der Waals surface area contributed by atoms with Crippen molar-refractivity contribution in [2.24, 2.45) is 11.7 Å². The maximum atomic E-state index is 11.5. The molecule has 1 saturated carbocycles. The molecule has 1 aliphatic rings. The number of thiazole rings is 1. The van der Waals surface area contributed by atoms with Gasteiger partial charge in [0.25, 0.3) is 0 Å². The van der Waals surface area contributed by atoms with Crippen LogP contribution in [-0.4, -0.2) is 16.9 Å². The Hall–Kier alpha value is -0.940. The molecule has 100 valence electrons. The van der Waals surface area contributed by atoms with E-state index in [1.807, 2.05) is 6.92 Å². The maximum Gasteiger partial charge on any atom is 0.222 e. The van der Waals surface area contributed by atoms with Crippen molar-refractivity contribution in [3.05, 3.63) is 16.1 Å². The summed E-state index contributed by atoms with van der Waals surface area (Å²) < 4.78 is 0. The molecule has 2 rings (SSSR count). The molecule has 0 bridgehead atoms. The lowest BCUT2D eigenvalue weighted by atomic mass is 9.94. The van der Waals surface area contributed by atoms with E-state index in [2.05, 4.69) is 15.7 Å². The van der Waals surface area contributed by atoms with Crippen molar-refractivity contribution in [2.45, 2.75) is 51.6 Å². The number of hydrogen-bond acceptors (Lipinski definition) is 4. The first-order chi connectivity index (χ1) is 8.66. The summed E-state index contributed by atoms with van der Waals surface area (Å²) in [7, 11) is 0. The Morgan fingerprint density at radius 2 is 2.28 bits per heavy atom. The van der Waals surface area contributed by atoms with Crippen LogP contribution < -0.4 is 11.1 Å². The second kappa shape index (κ2) is 6.29. The van der Waals surface area contributed by atoms with E-state index in [-0.39, 0.29) is 17.9 Å². The molecule has 2 atom stereocenters. The Kier molecular flexibility index (Phi) is 4.72. The van der Waals surface area contributed by atoms with Gasteiger partial charge in [-0.1, -0.05) is 19.3 Å². The van der Waals surface area contributed by atoms with E-state index in [0.717, 1.165) is 36.5 Å². The summed E-state index contributed by atoms with van der Waals surface area (Å²) in [6.45, 7) is 2.74. The van der Waals surface area contributed by atoms with Crippen LogP contribution in [0.1, 0.15) is 42.8 Å². The molecule has 1 fully saturated rings. The summed E-state index contributed by atoms with van der Waals surface area (Å²) in [6.07, 6.45) is 5.46. The van der Waals surface area contributed by atoms with Gasteiger partial charge in [0, 0.05) is 23.7 Å². The molecule has 1 aromatic heterocycles. The van der Waals surface area contributed by atoms with Crippen molar-refractivity contribution >= 4 is 17.2 Å². The number of nitrogens with one attached hydrogen (secondary N) is 1. The van der Waals surface area contributed by atoms with Crippen LogP contribution in [0.25, 0.3) is 0 Å². The van der Waals surface area contributed by atoms with Crippen LogP contribution in [0.4, 0.5) is 0 Å². The highest BCUT2D eigenvalue weighted by atomic mass is 32.1. The average Bonchev–Trinajstić information content (AvgIpc) is 2.62. The first-order valence-electron chi connectivity index (χ1n) is 6.60. The van der Waals surface area contributed by atoms with Gasteiger partial charge in [-0.25, -0.2) is 4.98 Å². The number of aryl methyl sites for hydroxylation is 1. The molecule has 18 heavy (non-hydrogen) atoms. The van der Waals surface area contributed by atoms with Crippen LogP contribution in [0.3, 0.4) is 0 Å². The fourth-order valence-electron chi connectivity index (χ4n) is 2.59. The van der Waals surface area contributed by atoms with E-state index in [9.17, 15) is 4.79 Å². The van der Waals surface area contributed by atoms with Gasteiger partial charge in [-0.05, 0) is 19.8 Å². The SMILES string of the molecule is Cc1csc(CN[C@@H]2CCCCC[C@@H]2C(N)=O)n1. The molecular weight excluding hydrogens is 246 g/mol. The monoisotopic (exact) mass is 267 g/mol. The topological polar surface area (TPSA) is 68.0 Å². The summed E-state index contributed by atoms with van der Waals surface area (Å²) in [4.78, 5) is 15.9. The molecule has 1 aromatic rings. The van der Waals surface area contributed by atoms with Gasteiger partial charge in [-0.2, -0.15) is 0 Å². The molecule has 0 spiro atoms. The zero-order valence-corrected chi connectivity index (χ0v) is 11.6. The van der Waals surface area contributed by atoms with Gasteiger partial charge in [0.05, 0.1) is 5.92 Å². The summed E-state index contributed by atoms with van der Waals surface area (Å²) in [6, 6.07) is 0.217. The summed E-state index contributed by atoms with van der Waals surface area (Å²) in [5, 5.41) is 6.60. The van der Waals surface area contributed by atoms with Crippen molar-refractivity contribution in [3.8, 4) is 0 Å². The molecule has 0 saturated heterocycles. The number of aromatic nitrogens is 1. The smallest absolute Gasteiger partial charge is 0.222 e. The van der Waals surface area contributed by atoms with E-state index < -0.39 is 0 Å². The molecule has 3 N–H and O–H groups in total. The van der Waals surface area contributed by atoms with Gasteiger partial charge in [0.15, 0.2) is 0 Å². The highest BCUT2D eigenvalue weighted by molar-refractivity contribution is 7.09. The minimum Gasteiger partial charge on any atom is -0.369 e. The molecule has 5 heteroatoms. The third-order valence-electron chi connectivity index (χ3n) is 3.56. The Labute approximate surface area is 112 Å². The van der Waals surface area contributed by atoms with E-state index in [4.69, 9.17) is 5.73 Å². The van der Waals surface area contributed by atoms with Crippen molar-refractivity contribution in [3.63, 3.8) is 0 Å². The number of carbonyl (C=O) groups excluding carboxylic acids is 1. The molecular formula is C13H21N3OS. The van der Waals surface area contributed by atoms with E-state index in [1.165, 1.54) is 12.8 Å². The lowest BCUT2D eigenvalue weighted by molar-refractivity contribution is -0.122. The van der Waals surface area contributed by atoms with Crippen LogP contribution in [0.15, 0.2) is 5.38 Å². The van der Waals surface area contributed by atoms with E-state index in [1.54, 1.807) is 11.3 Å². The predicted molar refractivity (Wildman–Crippen MR) is 73.2 cm³/mol. The minimum absolute atomic E-state index is 0.0199. The molecule has 1 aliphatic carbocycles. The van der Waals surface area contributed by atoms with Gasteiger partial charge in [-0.15, -0.1) is 11.3 Å². The molecule has 0 aliphatic heterocycles. The number of nitrogens with zero attached hydrogens (tertiary/aromatic N) is 1. The Morgan fingerprint density at radius 3 is 2.94 bits per heavy atom. The normalized spacial score (nSPS) is 24.7. The molecule has 1 heterocycles. The number of amides is 1. The Balaban J connectivity index is 1.94. The average molecular weight is 267 g/mol. The first kappa shape index (κ1) is 13.5. The third kappa shape index (κ3) is 3.53. The van der Waals surface area contributed by atoms with Crippen LogP contribution in [0.2, 0.25) is 0 Å². The van der Waals surface area contributed by atoms with Gasteiger partial charge in [0.1, 0.15) is 5.01 Å². The van der Waals surface area contributed by atoms with Gasteiger partial charge < -0.3 is 11.1 Å². The Bertz CT molecular complexity index is 405. The molecule has 0 aromatic carbocycles. The largest absolute Gasteiger partial charge is 0.369 e. The number of rotatable bonds is 4. The maximum absolute atomic E-state index is 11.5. The number of hydrogen-bond donors (Lipinski definition) is 2. The second-order valence-electron chi connectivity index (χ2n) is 5.02. The lowest BCUT2D eigenvalue weighted by Gasteiger charge is -2.23. The van der Waals surface area contributed by atoms with Crippen molar-refractivity contribution in [1.29, 1.82) is 0 Å². The molecule has 0 radical (unpaired) electrons. The predicted octanol–water partition coefficient (Wildman–Crippen LogP) is 1.98. The number of carbonyl (C=O) groups is 1. The van der Waals surface area contributed by atoms with E-state index >= 15 is 0 Å². The molecule has 0 unspecified atom stereocenters. The summed E-state index contributed by atoms with van der Waals surface area (Å²) >= 11 is 1.66. The first-order valence-corrected chi connectivity index (χ1v) is 7.48. The van der Waals surface area contributed by atoms with Crippen LogP contribution in [0, 0.1) is 12.8 Å².